The minimum atomic E-state index is -0.418. The number of anilines is 1. The van der Waals surface area contributed by atoms with Crippen molar-refractivity contribution in [1.29, 1.82) is 0 Å². The Labute approximate surface area is 156 Å². The van der Waals surface area contributed by atoms with Gasteiger partial charge in [-0.05, 0) is 56.7 Å². The molecule has 2 unspecified atom stereocenters. The van der Waals surface area contributed by atoms with E-state index in [-0.39, 0.29) is 17.7 Å². The molecule has 2 amide bonds. The molecule has 3 N–H and O–H groups in total. The van der Waals surface area contributed by atoms with E-state index in [4.69, 9.17) is 5.73 Å². The van der Waals surface area contributed by atoms with Crippen molar-refractivity contribution in [3.63, 3.8) is 0 Å². The first-order valence-corrected chi connectivity index (χ1v) is 9.92. The second kappa shape index (κ2) is 8.21. The molecule has 2 fully saturated rings. The van der Waals surface area contributed by atoms with Crippen LogP contribution in [0.5, 0.6) is 0 Å². The van der Waals surface area contributed by atoms with Gasteiger partial charge in [0.15, 0.2) is 0 Å². The number of hydrogen-bond acceptors (Lipinski definition) is 3. The van der Waals surface area contributed by atoms with Crippen LogP contribution in [0.25, 0.3) is 0 Å². The quantitative estimate of drug-likeness (QED) is 0.850. The number of nitrogens with two attached hydrogens (primary N) is 1. The zero-order valence-electron chi connectivity index (χ0n) is 15.8. The predicted molar refractivity (Wildman–Crippen MR) is 104 cm³/mol. The maximum Gasteiger partial charge on any atom is 0.229 e. The average Bonchev–Trinajstić information content (AvgIpc) is 3.15. The summed E-state index contributed by atoms with van der Waals surface area (Å²) in [6.07, 6.45) is 7.47. The number of amides is 2. The number of nitrogens with one attached hydrogen (secondary N) is 1. The molecule has 0 radical (unpaired) electrons. The van der Waals surface area contributed by atoms with Gasteiger partial charge in [-0.25, -0.2) is 0 Å². The molecule has 1 heterocycles. The second-order valence-electron chi connectivity index (χ2n) is 8.08. The lowest BCUT2D eigenvalue weighted by Crippen LogP contribution is -2.51. The van der Waals surface area contributed by atoms with Crippen LogP contribution in [0.4, 0.5) is 5.69 Å². The zero-order valence-corrected chi connectivity index (χ0v) is 15.8. The summed E-state index contributed by atoms with van der Waals surface area (Å²) in [5.74, 6) is 0.139. The van der Waals surface area contributed by atoms with Crippen molar-refractivity contribution in [1.82, 2.24) is 4.90 Å². The number of benzene rings is 1. The number of likely N-dealkylation sites (tertiary alicyclic amines) is 1. The number of nitrogens with zero attached hydrogens (tertiary/aromatic N) is 1. The first-order chi connectivity index (χ1) is 12.5. The number of aryl methyl sites for hydroxylation is 1. The summed E-state index contributed by atoms with van der Waals surface area (Å²) in [6, 6.07) is 7.83. The lowest BCUT2D eigenvalue weighted by molar-refractivity contribution is -0.130. The van der Waals surface area contributed by atoms with Crippen LogP contribution < -0.4 is 11.1 Å². The molecule has 0 aromatic heterocycles. The molecule has 26 heavy (non-hydrogen) atoms. The minimum absolute atomic E-state index is 0.0201. The minimum Gasteiger partial charge on any atom is -0.343 e. The van der Waals surface area contributed by atoms with Crippen LogP contribution >= 0.6 is 0 Å². The Morgan fingerprint density at radius 2 is 1.85 bits per heavy atom. The number of carbonyl (C=O) groups is 2. The molecule has 5 heteroatoms. The molecule has 1 saturated carbocycles. The normalized spacial score (nSPS) is 25.9. The third-order valence-corrected chi connectivity index (χ3v) is 5.88. The highest BCUT2D eigenvalue weighted by Crippen LogP contribution is 2.32. The van der Waals surface area contributed by atoms with Crippen LogP contribution in [0.15, 0.2) is 24.3 Å². The largest absolute Gasteiger partial charge is 0.343 e. The van der Waals surface area contributed by atoms with Crippen molar-refractivity contribution in [2.75, 3.05) is 18.4 Å². The van der Waals surface area contributed by atoms with Crippen LogP contribution in [0.2, 0.25) is 0 Å². The summed E-state index contributed by atoms with van der Waals surface area (Å²) in [5.41, 5.74) is 7.82. The molecule has 5 nitrogen and oxygen atoms in total. The summed E-state index contributed by atoms with van der Waals surface area (Å²) >= 11 is 0. The Bertz CT molecular complexity index is 633. The Morgan fingerprint density at radius 3 is 2.50 bits per heavy atom. The van der Waals surface area contributed by atoms with Gasteiger partial charge >= 0.3 is 0 Å². The fraction of sp³-hybridized carbons (Fsp3) is 0.619. The van der Waals surface area contributed by atoms with Crippen molar-refractivity contribution >= 4 is 17.5 Å². The number of carbonyl (C=O) groups excluding carboxylic acids is 2. The highest BCUT2D eigenvalue weighted by molar-refractivity contribution is 5.93. The van der Waals surface area contributed by atoms with Crippen molar-refractivity contribution in [3.05, 3.63) is 29.8 Å². The summed E-state index contributed by atoms with van der Waals surface area (Å²) < 4.78 is 0. The van der Waals surface area contributed by atoms with Gasteiger partial charge in [-0.15, -0.1) is 0 Å². The van der Waals surface area contributed by atoms with E-state index in [1.165, 1.54) is 0 Å². The van der Waals surface area contributed by atoms with Gasteiger partial charge in [-0.1, -0.05) is 25.0 Å². The van der Waals surface area contributed by atoms with Crippen LogP contribution in [0.3, 0.4) is 0 Å². The van der Waals surface area contributed by atoms with Crippen LogP contribution in [0.1, 0.15) is 57.4 Å². The molecular formula is C21H31N3O2. The van der Waals surface area contributed by atoms with Crippen molar-refractivity contribution in [2.45, 2.75) is 63.8 Å². The summed E-state index contributed by atoms with van der Waals surface area (Å²) in [7, 11) is 0. The van der Waals surface area contributed by atoms with E-state index >= 15 is 0 Å². The molecule has 1 aromatic carbocycles. The van der Waals surface area contributed by atoms with Crippen molar-refractivity contribution < 1.29 is 9.59 Å². The fourth-order valence-corrected chi connectivity index (χ4v) is 4.15. The van der Waals surface area contributed by atoms with E-state index in [0.29, 0.717) is 6.42 Å². The van der Waals surface area contributed by atoms with Crippen molar-refractivity contribution in [3.8, 4) is 0 Å². The third-order valence-electron chi connectivity index (χ3n) is 5.88. The highest BCUT2D eigenvalue weighted by Gasteiger charge is 2.37. The van der Waals surface area contributed by atoms with E-state index < -0.39 is 5.54 Å². The Kier molecular flexibility index (Phi) is 5.97. The third kappa shape index (κ3) is 4.64. The number of hydrogen-bond donors (Lipinski definition) is 2. The van der Waals surface area contributed by atoms with Gasteiger partial charge in [0.1, 0.15) is 0 Å². The van der Waals surface area contributed by atoms with E-state index in [1.54, 1.807) is 0 Å². The van der Waals surface area contributed by atoms with Crippen LogP contribution in [0, 0.1) is 5.92 Å². The van der Waals surface area contributed by atoms with Gasteiger partial charge in [0.2, 0.25) is 11.8 Å². The first kappa shape index (κ1) is 18.9. The smallest absolute Gasteiger partial charge is 0.229 e. The zero-order chi connectivity index (χ0) is 18.6. The molecule has 1 saturated heterocycles. The van der Waals surface area contributed by atoms with E-state index in [1.807, 2.05) is 36.1 Å². The van der Waals surface area contributed by atoms with Gasteiger partial charge in [0.05, 0.1) is 5.92 Å². The van der Waals surface area contributed by atoms with E-state index in [9.17, 15) is 9.59 Å². The maximum atomic E-state index is 12.6. The molecule has 0 spiro atoms. The first-order valence-electron chi connectivity index (χ1n) is 9.92. The summed E-state index contributed by atoms with van der Waals surface area (Å²) in [5, 5.41) is 3.01. The van der Waals surface area contributed by atoms with Crippen molar-refractivity contribution in [2.24, 2.45) is 11.7 Å². The van der Waals surface area contributed by atoms with E-state index in [0.717, 1.165) is 69.3 Å². The van der Waals surface area contributed by atoms with Crippen LogP contribution in [-0.2, 0) is 16.0 Å². The number of rotatable bonds is 5. The summed E-state index contributed by atoms with van der Waals surface area (Å²) in [6.45, 7) is 3.80. The molecular weight excluding hydrogens is 326 g/mol. The maximum absolute atomic E-state index is 12.6. The Balaban J connectivity index is 1.51. The van der Waals surface area contributed by atoms with Gasteiger partial charge < -0.3 is 16.0 Å². The van der Waals surface area contributed by atoms with Gasteiger partial charge in [-0.2, -0.15) is 0 Å². The van der Waals surface area contributed by atoms with E-state index in [2.05, 4.69) is 5.32 Å². The van der Waals surface area contributed by atoms with Crippen LogP contribution in [-0.4, -0.2) is 35.3 Å². The summed E-state index contributed by atoms with van der Waals surface area (Å²) in [4.78, 5) is 26.7. The molecule has 2 aliphatic rings. The molecule has 1 aliphatic heterocycles. The molecule has 1 aliphatic carbocycles. The lowest BCUT2D eigenvalue weighted by Gasteiger charge is -2.37. The Morgan fingerprint density at radius 1 is 1.15 bits per heavy atom. The fourth-order valence-electron chi connectivity index (χ4n) is 4.15. The predicted octanol–water partition coefficient (Wildman–Crippen LogP) is 3.09. The second-order valence-corrected chi connectivity index (χ2v) is 8.08. The van der Waals surface area contributed by atoms with Gasteiger partial charge in [0, 0.05) is 30.7 Å². The standard InChI is InChI=1S/C21H31N3O2/c1-21(22)13-3-2-6-18(21)20(26)23-17-10-7-16(8-11-17)9-12-19(25)24-14-4-5-15-24/h7-8,10-11,18H,2-6,9,12-15,22H2,1H3,(H,23,26). The highest BCUT2D eigenvalue weighted by atomic mass is 16.2. The molecule has 0 bridgehead atoms. The van der Waals surface area contributed by atoms with Gasteiger partial charge in [-0.3, -0.25) is 9.59 Å². The molecule has 142 valence electrons. The lowest BCUT2D eigenvalue weighted by atomic mass is 9.74. The molecule has 1 aromatic rings. The topological polar surface area (TPSA) is 75.4 Å². The monoisotopic (exact) mass is 357 g/mol. The van der Waals surface area contributed by atoms with Gasteiger partial charge in [0.25, 0.3) is 0 Å². The Hall–Kier alpha value is -1.88. The molecule has 3 rings (SSSR count). The average molecular weight is 357 g/mol. The molecule has 2 atom stereocenters. The SMILES string of the molecule is CC1(N)CCCCC1C(=O)Nc1ccc(CCC(=O)N2CCCC2)cc1.